The van der Waals surface area contributed by atoms with Gasteiger partial charge in [-0.25, -0.2) is 9.18 Å². The fourth-order valence-corrected chi connectivity index (χ4v) is 2.19. The predicted molar refractivity (Wildman–Crippen MR) is 87.4 cm³/mol. The van der Waals surface area contributed by atoms with Crippen LogP contribution in [0.15, 0.2) is 54.6 Å². The molecule has 24 heavy (non-hydrogen) atoms. The average Bonchev–Trinajstić information content (AvgIpc) is 2.62. The van der Waals surface area contributed by atoms with Gasteiger partial charge in [0.15, 0.2) is 0 Å². The van der Waals surface area contributed by atoms with Gasteiger partial charge in [-0.3, -0.25) is 10.1 Å². The van der Waals surface area contributed by atoms with Crippen LogP contribution >= 0.6 is 0 Å². The molecule has 2 rings (SSSR count). The summed E-state index contributed by atoms with van der Waals surface area (Å²) in [4.78, 5) is 23.8. The summed E-state index contributed by atoms with van der Waals surface area (Å²) in [7, 11) is 1.29. The van der Waals surface area contributed by atoms with E-state index in [9.17, 15) is 14.0 Å². The van der Waals surface area contributed by atoms with Gasteiger partial charge in [0.2, 0.25) is 5.91 Å². The topological polar surface area (TPSA) is 67.4 Å². The summed E-state index contributed by atoms with van der Waals surface area (Å²) in [5.74, 6) is -1.20. The smallest absolute Gasteiger partial charge is 0.327 e. The number of amides is 1. The second-order valence-corrected chi connectivity index (χ2v) is 5.12. The first-order valence-corrected chi connectivity index (χ1v) is 7.48. The third-order valence-corrected chi connectivity index (χ3v) is 3.47. The predicted octanol–water partition coefficient (Wildman–Crippen LogP) is 1.95. The summed E-state index contributed by atoms with van der Waals surface area (Å²) in [5, 5.41) is 5.47. The number of methoxy groups -OCH3 is 1. The quantitative estimate of drug-likeness (QED) is 0.762. The van der Waals surface area contributed by atoms with E-state index >= 15 is 0 Å². The number of hydrogen-bond acceptors (Lipinski definition) is 4. The number of esters is 1. The van der Waals surface area contributed by atoms with E-state index in [0.717, 1.165) is 0 Å². The van der Waals surface area contributed by atoms with Gasteiger partial charge in [0.05, 0.1) is 13.7 Å². The SMILES string of the molecule is COC(=O)[C@@H](NCC(=O)NCc1ccccc1F)c1ccccc1. The summed E-state index contributed by atoms with van der Waals surface area (Å²) in [6, 6.07) is 14.4. The lowest BCUT2D eigenvalue weighted by atomic mass is 10.1. The maximum Gasteiger partial charge on any atom is 0.327 e. The van der Waals surface area contributed by atoms with Gasteiger partial charge in [-0.1, -0.05) is 48.5 Å². The maximum absolute atomic E-state index is 13.5. The molecule has 0 aliphatic heterocycles. The van der Waals surface area contributed by atoms with Gasteiger partial charge in [0.1, 0.15) is 11.9 Å². The number of rotatable bonds is 7. The fraction of sp³-hybridized carbons (Fsp3) is 0.222. The highest BCUT2D eigenvalue weighted by Gasteiger charge is 2.21. The minimum atomic E-state index is -0.740. The molecule has 1 atom stereocenters. The Morgan fingerprint density at radius 2 is 1.75 bits per heavy atom. The van der Waals surface area contributed by atoms with Crippen molar-refractivity contribution in [1.82, 2.24) is 10.6 Å². The van der Waals surface area contributed by atoms with Crippen molar-refractivity contribution in [3.05, 3.63) is 71.5 Å². The molecule has 0 spiro atoms. The molecule has 0 aromatic heterocycles. The molecule has 5 nitrogen and oxygen atoms in total. The van der Waals surface area contributed by atoms with Crippen molar-refractivity contribution in [1.29, 1.82) is 0 Å². The van der Waals surface area contributed by atoms with Crippen LogP contribution in [0.2, 0.25) is 0 Å². The lowest BCUT2D eigenvalue weighted by Crippen LogP contribution is -2.38. The van der Waals surface area contributed by atoms with Gasteiger partial charge in [0.25, 0.3) is 0 Å². The molecule has 0 saturated carbocycles. The van der Waals surface area contributed by atoms with Gasteiger partial charge in [-0.2, -0.15) is 0 Å². The van der Waals surface area contributed by atoms with E-state index < -0.39 is 12.0 Å². The largest absolute Gasteiger partial charge is 0.468 e. The summed E-state index contributed by atoms with van der Waals surface area (Å²) in [5.41, 5.74) is 1.10. The number of carbonyl (C=O) groups excluding carboxylic acids is 2. The lowest BCUT2D eigenvalue weighted by Gasteiger charge is -2.16. The molecular formula is C18H19FN2O3. The molecule has 0 fully saturated rings. The Morgan fingerprint density at radius 1 is 1.08 bits per heavy atom. The first-order chi connectivity index (χ1) is 11.6. The Hall–Kier alpha value is -2.73. The van der Waals surface area contributed by atoms with Crippen LogP contribution in [-0.2, 0) is 20.9 Å². The summed E-state index contributed by atoms with van der Waals surface area (Å²) in [6.45, 7) is -0.00940. The lowest BCUT2D eigenvalue weighted by molar-refractivity contribution is -0.143. The number of nitrogens with one attached hydrogen (secondary N) is 2. The van der Waals surface area contributed by atoms with Crippen LogP contribution < -0.4 is 10.6 Å². The van der Waals surface area contributed by atoms with E-state index in [2.05, 4.69) is 10.6 Å². The van der Waals surface area contributed by atoms with Crippen LogP contribution in [-0.4, -0.2) is 25.5 Å². The van der Waals surface area contributed by atoms with Crippen molar-refractivity contribution in [2.45, 2.75) is 12.6 Å². The van der Waals surface area contributed by atoms with Gasteiger partial charge < -0.3 is 10.1 Å². The zero-order valence-electron chi connectivity index (χ0n) is 13.3. The highest BCUT2D eigenvalue weighted by molar-refractivity contribution is 5.81. The molecule has 0 aliphatic rings. The third-order valence-electron chi connectivity index (χ3n) is 3.47. The molecule has 0 unspecified atom stereocenters. The van der Waals surface area contributed by atoms with E-state index in [1.54, 1.807) is 42.5 Å². The Kier molecular flexibility index (Phi) is 6.45. The van der Waals surface area contributed by atoms with E-state index in [0.29, 0.717) is 11.1 Å². The molecule has 126 valence electrons. The summed E-state index contributed by atoms with van der Waals surface area (Å²) >= 11 is 0. The average molecular weight is 330 g/mol. The van der Waals surface area contributed by atoms with Gasteiger partial charge in [-0.05, 0) is 11.6 Å². The third kappa shape index (κ3) is 4.89. The normalized spacial score (nSPS) is 11.6. The molecule has 0 aliphatic carbocycles. The minimum absolute atomic E-state index is 0.0847. The number of ether oxygens (including phenoxy) is 1. The molecule has 0 saturated heterocycles. The summed E-state index contributed by atoms with van der Waals surface area (Å²) in [6.07, 6.45) is 0. The monoisotopic (exact) mass is 330 g/mol. The van der Waals surface area contributed by atoms with Crippen molar-refractivity contribution in [3.8, 4) is 0 Å². The Morgan fingerprint density at radius 3 is 2.42 bits per heavy atom. The standard InChI is InChI=1S/C18H19FN2O3/c1-24-18(23)17(13-7-3-2-4-8-13)21-12-16(22)20-11-14-9-5-6-10-15(14)19/h2-10,17,21H,11-12H2,1H3,(H,20,22)/t17-/m0/s1. The van der Waals surface area contributed by atoms with Crippen molar-refractivity contribution >= 4 is 11.9 Å². The Bertz CT molecular complexity index is 692. The van der Waals surface area contributed by atoms with Gasteiger partial charge in [0, 0.05) is 12.1 Å². The van der Waals surface area contributed by atoms with Crippen LogP contribution in [0.5, 0.6) is 0 Å². The van der Waals surface area contributed by atoms with Crippen LogP contribution in [0, 0.1) is 5.82 Å². The molecule has 2 N–H and O–H groups in total. The number of benzene rings is 2. The molecule has 2 aromatic rings. The van der Waals surface area contributed by atoms with Crippen molar-refractivity contribution < 1.29 is 18.7 Å². The molecule has 0 heterocycles. The van der Waals surface area contributed by atoms with E-state index in [1.165, 1.54) is 13.2 Å². The van der Waals surface area contributed by atoms with Crippen molar-refractivity contribution in [3.63, 3.8) is 0 Å². The number of hydrogen-bond donors (Lipinski definition) is 2. The second-order valence-electron chi connectivity index (χ2n) is 5.12. The zero-order valence-corrected chi connectivity index (χ0v) is 13.3. The molecular weight excluding hydrogens is 311 g/mol. The minimum Gasteiger partial charge on any atom is -0.468 e. The summed E-state index contributed by atoms with van der Waals surface area (Å²) < 4.78 is 18.3. The first-order valence-electron chi connectivity index (χ1n) is 7.48. The van der Waals surface area contributed by atoms with Crippen molar-refractivity contribution in [2.24, 2.45) is 0 Å². The molecule has 0 bridgehead atoms. The van der Waals surface area contributed by atoms with E-state index in [1.807, 2.05) is 6.07 Å². The van der Waals surface area contributed by atoms with Crippen LogP contribution in [0.1, 0.15) is 17.2 Å². The molecule has 0 radical (unpaired) electrons. The van der Waals surface area contributed by atoms with Crippen LogP contribution in [0.3, 0.4) is 0 Å². The fourth-order valence-electron chi connectivity index (χ4n) is 2.19. The van der Waals surface area contributed by atoms with Crippen LogP contribution in [0.25, 0.3) is 0 Å². The highest BCUT2D eigenvalue weighted by atomic mass is 19.1. The zero-order chi connectivity index (χ0) is 17.4. The molecule has 1 amide bonds. The molecule has 2 aromatic carbocycles. The molecule has 6 heteroatoms. The Balaban J connectivity index is 1.90. The second kappa shape index (κ2) is 8.79. The number of carbonyl (C=O) groups is 2. The highest BCUT2D eigenvalue weighted by Crippen LogP contribution is 2.13. The van der Waals surface area contributed by atoms with Crippen molar-refractivity contribution in [2.75, 3.05) is 13.7 Å². The maximum atomic E-state index is 13.5. The van der Waals surface area contributed by atoms with E-state index in [4.69, 9.17) is 4.74 Å². The van der Waals surface area contributed by atoms with Gasteiger partial charge >= 0.3 is 5.97 Å². The number of halogens is 1. The van der Waals surface area contributed by atoms with Crippen LogP contribution in [0.4, 0.5) is 4.39 Å². The Labute approximate surface area is 139 Å². The van der Waals surface area contributed by atoms with Gasteiger partial charge in [-0.15, -0.1) is 0 Å². The van der Waals surface area contributed by atoms with E-state index in [-0.39, 0.29) is 24.8 Å². The first kappa shape index (κ1) is 17.6.